The van der Waals surface area contributed by atoms with Crippen molar-refractivity contribution in [2.75, 3.05) is 10.3 Å². The number of imidazole rings is 1. The van der Waals surface area contributed by atoms with E-state index >= 15 is 0 Å². The molecule has 2 aromatic heterocycles. The highest BCUT2D eigenvalue weighted by Crippen LogP contribution is 2.42. The molecule has 40 heavy (non-hydrogen) atoms. The second-order valence-corrected chi connectivity index (χ2v) is 10.4. The maximum atomic E-state index is 12.0. The van der Waals surface area contributed by atoms with Crippen LogP contribution in [0.15, 0.2) is 59.8 Å². The number of carbonyl (C=O) groups is 1. The lowest BCUT2D eigenvalue weighted by molar-refractivity contribution is -0.684. The number of benzene rings is 2. The van der Waals surface area contributed by atoms with Crippen LogP contribution in [0.3, 0.4) is 0 Å². The van der Waals surface area contributed by atoms with Crippen LogP contribution in [0.4, 0.5) is 11.4 Å². The van der Waals surface area contributed by atoms with E-state index in [1.165, 1.54) is 11.3 Å². The standard InChI is InChI=1S/C28H28Cl2N8O2/c1-3-23(39)34-20-7-4-16(5-8-20)24-26(30)36-27(35-24)28(40)11-10-17-12-18(14-37(2)25(17)28)21-13-19(29)6-9-22(21)38(32)15-33-31/h4-9,12-15,40H,3,10-11,31-32H2,1-2H3,(H-,34,35,36,39)/p+1/b33-15-. The molecule has 0 bridgehead atoms. The first-order valence-corrected chi connectivity index (χ1v) is 13.4. The molecule has 1 unspecified atom stereocenters. The molecule has 12 heteroatoms. The normalized spacial score (nSPS) is 16.4. The number of amides is 1. The number of anilines is 2. The van der Waals surface area contributed by atoms with Crippen LogP contribution >= 0.6 is 23.2 Å². The maximum Gasteiger partial charge on any atom is 0.224 e. The number of nitrogens with one attached hydrogen (secondary N) is 2. The molecule has 2 heterocycles. The van der Waals surface area contributed by atoms with Crippen LogP contribution in [-0.4, -0.2) is 27.3 Å². The Labute approximate surface area is 241 Å². The Bertz CT molecular complexity index is 1620. The Balaban J connectivity index is 1.51. The minimum Gasteiger partial charge on any atom is -0.372 e. The lowest BCUT2D eigenvalue weighted by Gasteiger charge is -2.20. The van der Waals surface area contributed by atoms with Gasteiger partial charge in [0.1, 0.15) is 24.2 Å². The van der Waals surface area contributed by atoms with Gasteiger partial charge in [-0.05, 0) is 49.2 Å². The van der Waals surface area contributed by atoms with E-state index in [1.807, 2.05) is 42.1 Å². The van der Waals surface area contributed by atoms with E-state index in [4.69, 9.17) is 39.9 Å². The molecule has 0 aliphatic heterocycles. The van der Waals surface area contributed by atoms with Gasteiger partial charge >= 0.3 is 0 Å². The van der Waals surface area contributed by atoms with Crippen molar-refractivity contribution >= 4 is 46.8 Å². The van der Waals surface area contributed by atoms with E-state index in [1.54, 1.807) is 31.2 Å². The Kier molecular flexibility index (Phi) is 7.52. The van der Waals surface area contributed by atoms with Crippen LogP contribution in [0.25, 0.3) is 22.4 Å². The molecule has 10 nitrogen and oxygen atoms in total. The first-order valence-electron chi connectivity index (χ1n) is 12.6. The Morgan fingerprint density at radius 1 is 1.25 bits per heavy atom. The van der Waals surface area contributed by atoms with Crippen molar-refractivity contribution < 1.29 is 14.5 Å². The van der Waals surface area contributed by atoms with Crippen molar-refractivity contribution in [1.29, 1.82) is 0 Å². The summed E-state index contributed by atoms with van der Waals surface area (Å²) in [6, 6.07) is 14.6. The van der Waals surface area contributed by atoms with E-state index in [-0.39, 0.29) is 5.91 Å². The van der Waals surface area contributed by atoms with Crippen LogP contribution in [-0.2, 0) is 23.9 Å². The number of pyridine rings is 1. The van der Waals surface area contributed by atoms with E-state index in [0.29, 0.717) is 58.0 Å². The number of fused-ring (bicyclic) bond motifs is 1. The molecule has 1 atom stereocenters. The van der Waals surface area contributed by atoms with Gasteiger partial charge in [0.2, 0.25) is 17.2 Å². The summed E-state index contributed by atoms with van der Waals surface area (Å²) in [5, 5.41) is 20.5. The highest BCUT2D eigenvalue weighted by Gasteiger charge is 2.49. The van der Waals surface area contributed by atoms with Crippen molar-refractivity contribution in [3.8, 4) is 22.4 Å². The zero-order valence-electron chi connectivity index (χ0n) is 21.9. The summed E-state index contributed by atoms with van der Waals surface area (Å²) < 4.78 is 1.89. The number of H-pyrrole nitrogens is 1. The van der Waals surface area contributed by atoms with Gasteiger partial charge in [-0.1, -0.05) is 42.3 Å². The minimum atomic E-state index is -1.39. The molecule has 0 saturated heterocycles. The number of hydrazone groups is 1. The highest BCUT2D eigenvalue weighted by atomic mass is 35.5. The quantitative estimate of drug-likeness (QED) is 0.0734. The number of hydrogen-bond acceptors (Lipinski definition) is 6. The average molecular weight is 581 g/mol. The Morgan fingerprint density at radius 2 is 2.00 bits per heavy atom. The number of aromatic amines is 1. The summed E-state index contributed by atoms with van der Waals surface area (Å²) in [5.74, 6) is 11.7. The molecule has 7 N–H and O–H groups in total. The van der Waals surface area contributed by atoms with Gasteiger partial charge in [-0.15, -0.1) is 0 Å². The summed E-state index contributed by atoms with van der Waals surface area (Å²) in [5.41, 5.74) is 4.53. The smallest absolute Gasteiger partial charge is 0.224 e. The van der Waals surface area contributed by atoms with Gasteiger partial charge < -0.3 is 21.2 Å². The number of hydrazine groups is 1. The third-order valence-electron chi connectivity index (χ3n) is 7.02. The van der Waals surface area contributed by atoms with Gasteiger partial charge in [0.05, 0.1) is 5.69 Å². The maximum absolute atomic E-state index is 12.0. The molecule has 206 valence electrons. The SMILES string of the molecule is CCC(=O)Nc1ccc(-c2nc(C3(O)CCc4cc(-c5cc(Cl)ccc5N(N)/C=N\N)c[n+](C)c43)[nH]c2Cl)cc1. The summed E-state index contributed by atoms with van der Waals surface area (Å²) in [7, 11) is 1.87. The molecular formula is C28H29Cl2N8O2+. The fourth-order valence-corrected chi connectivity index (χ4v) is 5.56. The molecule has 4 aromatic rings. The fourth-order valence-electron chi connectivity index (χ4n) is 5.15. The third-order valence-corrected chi connectivity index (χ3v) is 7.53. The van der Waals surface area contributed by atoms with Crippen LogP contribution < -0.4 is 26.6 Å². The van der Waals surface area contributed by atoms with E-state index in [0.717, 1.165) is 22.3 Å². The number of rotatable bonds is 7. The molecular weight excluding hydrogens is 551 g/mol. The van der Waals surface area contributed by atoms with E-state index < -0.39 is 5.60 Å². The molecule has 0 spiro atoms. The number of nitrogens with two attached hydrogens (primary N) is 2. The van der Waals surface area contributed by atoms with Crippen molar-refractivity contribution in [2.45, 2.75) is 31.8 Å². The topological polar surface area (TPSA) is 150 Å². The minimum absolute atomic E-state index is 0.0673. The molecule has 1 aliphatic rings. The molecule has 2 aromatic carbocycles. The van der Waals surface area contributed by atoms with Crippen molar-refractivity contribution in [3.05, 3.63) is 82.0 Å². The van der Waals surface area contributed by atoms with Gasteiger partial charge in [0.15, 0.2) is 12.0 Å². The average Bonchev–Trinajstić information content (AvgIpc) is 3.50. The summed E-state index contributed by atoms with van der Waals surface area (Å²) in [6.07, 6.45) is 4.64. The zero-order chi connectivity index (χ0) is 28.6. The molecule has 0 fully saturated rings. The van der Waals surface area contributed by atoms with E-state index in [9.17, 15) is 9.90 Å². The van der Waals surface area contributed by atoms with Gasteiger partial charge in [0, 0.05) is 39.4 Å². The number of hydrogen-bond donors (Lipinski definition) is 5. The van der Waals surface area contributed by atoms with E-state index in [2.05, 4.69) is 15.4 Å². The van der Waals surface area contributed by atoms with Crippen LogP contribution in [0.1, 0.15) is 36.8 Å². The molecule has 1 amide bonds. The van der Waals surface area contributed by atoms with Crippen molar-refractivity contribution in [3.63, 3.8) is 0 Å². The number of nitrogens with zero attached hydrogens (tertiary/aromatic N) is 4. The number of carbonyl (C=O) groups excluding carboxylic acids is 1. The monoisotopic (exact) mass is 579 g/mol. The summed E-state index contributed by atoms with van der Waals surface area (Å²) in [6.45, 7) is 1.79. The zero-order valence-corrected chi connectivity index (χ0v) is 23.5. The summed E-state index contributed by atoms with van der Waals surface area (Å²) in [4.78, 5) is 19.5. The van der Waals surface area contributed by atoms with Gasteiger partial charge in [-0.25, -0.2) is 15.4 Å². The lowest BCUT2D eigenvalue weighted by atomic mass is 9.98. The first kappa shape index (κ1) is 27.6. The number of aliphatic hydroxyl groups is 1. The molecule has 5 rings (SSSR count). The van der Waals surface area contributed by atoms with Crippen LogP contribution in [0.2, 0.25) is 10.2 Å². The van der Waals surface area contributed by atoms with Gasteiger partial charge in [0.25, 0.3) is 0 Å². The third kappa shape index (κ3) is 5.02. The van der Waals surface area contributed by atoms with Gasteiger partial charge in [-0.2, -0.15) is 5.10 Å². The van der Waals surface area contributed by atoms with Crippen molar-refractivity contribution in [2.24, 2.45) is 23.8 Å². The molecule has 1 aliphatic carbocycles. The van der Waals surface area contributed by atoms with Gasteiger partial charge in [-0.3, -0.25) is 9.80 Å². The largest absolute Gasteiger partial charge is 0.372 e. The molecule has 0 saturated carbocycles. The Hall–Kier alpha value is -3.96. The second-order valence-electron chi connectivity index (χ2n) is 9.63. The summed E-state index contributed by atoms with van der Waals surface area (Å²) >= 11 is 12.9. The van der Waals surface area contributed by atoms with Crippen LogP contribution in [0.5, 0.6) is 0 Å². The Morgan fingerprint density at radius 3 is 2.70 bits per heavy atom. The second kappa shape index (κ2) is 10.9. The van der Waals surface area contributed by atoms with Crippen LogP contribution in [0, 0.1) is 0 Å². The highest BCUT2D eigenvalue weighted by molar-refractivity contribution is 6.32. The molecule has 0 radical (unpaired) electrons. The lowest BCUT2D eigenvalue weighted by Crippen LogP contribution is -2.43. The first-order chi connectivity index (χ1) is 19.1. The predicted molar refractivity (Wildman–Crippen MR) is 157 cm³/mol. The predicted octanol–water partition coefficient (Wildman–Crippen LogP) is 3.99. The fraction of sp³-hybridized carbons (Fsp3) is 0.214. The number of aryl methyl sites for hydroxylation is 2. The number of aromatic nitrogens is 3. The van der Waals surface area contributed by atoms with Crippen molar-refractivity contribution in [1.82, 2.24) is 9.97 Å². The number of halogens is 2.